The molecular formula is C10H12FNO2. The molecule has 0 aliphatic heterocycles. The summed E-state index contributed by atoms with van der Waals surface area (Å²) in [6, 6.07) is 1.51. The standard InChI is InChI=1S/C10H12FNO2/c1-6(7(2)10(13)14)8-3-4-12-5-9(8)11/h3-7H,1-2H3,(H,13,14). The van der Waals surface area contributed by atoms with Crippen LogP contribution in [0.3, 0.4) is 0 Å². The van der Waals surface area contributed by atoms with Crippen molar-refractivity contribution < 1.29 is 14.3 Å². The third-order valence-electron chi connectivity index (χ3n) is 2.43. The summed E-state index contributed by atoms with van der Waals surface area (Å²) in [5.74, 6) is -2.33. The zero-order valence-corrected chi connectivity index (χ0v) is 8.07. The van der Waals surface area contributed by atoms with Gasteiger partial charge in [0.1, 0.15) is 5.82 Å². The average Bonchev–Trinajstić information content (AvgIpc) is 2.16. The van der Waals surface area contributed by atoms with Gasteiger partial charge in [-0.15, -0.1) is 0 Å². The van der Waals surface area contributed by atoms with Crippen molar-refractivity contribution in [1.82, 2.24) is 4.98 Å². The van der Waals surface area contributed by atoms with Crippen molar-refractivity contribution >= 4 is 5.97 Å². The van der Waals surface area contributed by atoms with Crippen LogP contribution in [0.25, 0.3) is 0 Å². The number of nitrogens with zero attached hydrogens (tertiary/aromatic N) is 1. The van der Waals surface area contributed by atoms with E-state index in [2.05, 4.69) is 4.98 Å². The molecule has 1 N–H and O–H groups in total. The van der Waals surface area contributed by atoms with Crippen molar-refractivity contribution in [2.45, 2.75) is 19.8 Å². The molecular weight excluding hydrogens is 185 g/mol. The van der Waals surface area contributed by atoms with Crippen LogP contribution >= 0.6 is 0 Å². The summed E-state index contributed by atoms with van der Waals surface area (Å²) in [6.45, 7) is 3.25. The number of carboxylic acids is 1. The SMILES string of the molecule is CC(C(=O)O)C(C)c1ccncc1F. The minimum atomic E-state index is -0.922. The monoisotopic (exact) mass is 197 g/mol. The second-order valence-electron chi connectivity index (χ2n) is 3.31. The van der Waals surface area contributed by atoms with Crippen LogP contribution in [0.4, 0.5) is 4.39 Å². The van der Waals surface area contributed by atoms with Gasteiger partial charge in [-0.25, -0.2) is 4.39 Å². The quantitative estimate of drug-likeness (QED) is 0.806. The van der Waals surface area contributed by atoms with Gasteiger partial charge in [0.15, 0.2) is 0 Å². The van der Waals surface area contributed by atoms with E-state index in [9.17, 15) is 9.18 Å². The third-order valence-corrected chi connectivity index (χ3v) is 2.43. The fraction of sp³-hybridized carbons (Fsp3) is 0.400. The predicted molar refractivity (Wildman–Crippen MR) is 49.4 cm³/mol. The van der Waals surface area contributed by atoms with E-state index in [0.29, 0.717) is 5.56 Å². The summed E-state index contributed by atoms with van der Waals surface area (Å²) < 4.78 is 13.2. The first-order valence-electron chi connectivity index (χ1n) is 4.36. The first-order chi connectivity index (χ1) is 6.54. The Morgan fingerprint density at radius 3 is 2.71 bits per heavy atom. The molecule has 0 saturated carbocycles. The largest absolute Gasteiger partial charge is 0.481 e. The van der Waals surface area contributed by atoms with E-state index < -0.39 is 17.7 Å². The summed E-state index contributed by atoms with van der Waals surface area (Å²) in [5.41, 5.74) is 0.398. The van der Waals surface area contributed by atoms with Crippen LogP contribution in [0.1, 0.15) is 25.3 Å². The molecule has 76 valence electrons. The maximum absolute atomic E-state index is 13.2. The summed E-state index contributed by atoms with van der Waals surface area (Å²) >= 11 is 0. The Kier molecular flexibility index (Phi) is 3.17. The Morgan fingerprint density at radius 2 is 2.21 bits per heavy atom. The first-order valence-corrected chi connectivity index (χ1v) is 4.36. The molecule has 1 aromatic rings. The van der Waals surface area contributed by atoms with Crippen molar-refractivity contribution in [3.05, 3.63) is 29.8 Å². The van der Waals surface area contributed by atoms with E-state index >= 15 is 0 Å². The molecule has 0 fully saturated rings. The first kappa shape index (κ1) is 10.6. The second-order valence-corrected chi connectivity index (χ2v) is 3.31. The summed E-state index contributed by atoms with van der Waals surface area (Å²) in [6.07, 6.45) is 2.56. The number of hydrogen-bond acceptors (Lipinski definition) is 2. The fourth-order valence-electron chi connectivity index (χ4n) is 1.24. The van der Waals surface area contributed by atoms with E-state index in [1.54, 1.807) is 13.8 Å². The molecule has 4 heteroatoms. The van der Waals surface area contributed by atoms with Gasteiger partial charge in [-0.2, -0.15) is 0 Å². The van der Waals surface area contributed by atoms with Gasteiger partial charge in [0.05, 0.1) is 12.1 Å². The number of hydrogen-bond donors (Lipinski definition) is 1. The highest BCUT2D eigenvalue weighted by Crippen LogP contribution is 2.25. The highest BCUT2D eigenvalue weighted by atomic mass is 19.1. The molecule has 2 atom stereocenters. The zero-order valence-electron chi connectivity index (χ0n) is 8.07. The van der Waals surface area contributed by atoms with Crippen LogP contribution < -0.4 is 0 Å². The summed E-state index contributed by atoms with van der Waals surface area (Å²) in [4.78, 5) is 14.3. The zero-order chi connectivity index (χ0) is 10.7. The van der Waals surface area contributed by atoms with E-state index in [4.69, 9.17) is 5.11 Å². The van der Waals surface area contributed by atoms with E-state index in [-0.39, 0.29) is 5.92 Å². The molecule has 0 aliphatic rings. The average molecular weight is 197 g/mol. The number of aliphatic carboxylic acids is 1. The van der Waals surface area contributed by atoms with Gasteiger partial charge in [0.25, 0.3) is 0 Å². The Bertz CT molecular complexity index is 341. The molecule has 0 amide bonds. The Morgan fingerprint density at radius 1 is 1.57 bits per heavy atom. The lowest BCUT2D eigenvalue weighted by molar-refractivity contribution is -0.141. The molecule has 0 spiro atoms. The van der Waals surface area contributed by atoms with Crippen molar-refractivity contribution in [2.75, 3.05) is 0 Å². The van der Waals surface area contributed by atoms with Crippen LogP contribution in [0.5, 0.6) is 0 Å². The number of pyridine rings is 1. The number of rotatable bonds is 3. The maximum Gasteiger partial charge on any atom is 0.306 e. The molecule has 3 nitrogen and oxygen atoms in total. The Labute approximate surface area is 81.6 Å². The van der Waals surface area contributed by atoms with Crippen molar-refractivity contribution in [3.8, 4) is 0 Å². The molecule has 1 aromatic heterocycles. The highest BCUT2D eigenvalue weighted by molar-refractivity contribution is 5.70. The van der Waals surface area contributed by atoms with E-state index in [1.165, 1.54) is 12.3 Å². The lowest BCUT2D eigenvalue weighted by Gasteiger charge is -2.16. The topological polar surface area (TPSA) is 50.2 Å². The predicted octanol–water partition coefficient (Wildman–Crippen LogP) is 2.04. The van der Waals surface area contributed by atoms with Crippen molar-refractivity contribution in [3.63, 3.8) is 0 Å². The van der Waals surface area contributed by atoms with Crippen LogP contribution in [-0.2, 0) is 4.79 Å². The molecule has 0 radical (unpaired) electrons. The lowest BCUT2D eigenvalue weighted by Crippen LogP contribution is -2.17. The van der Waals surface area contributed by atoms with Crippen molar-refractivity contribution in [2.24, 2.45) is 5.92 Å². The van der Waals surface area contributed by atoms with Gasteiger partial charge < -0.3 is 5.11 Å². The summed E-state index contributed by atoms with van der Waals surface area (Å²) in [5, 5.41) is 8.77. The van der Waals surface area contributed by atoms with Crippen LogP contribution in [0.2, 0.25) is 0 Å². The Balaban J connectivity index is 2.94. The fourth-order valence-corrected chi connectivity index (χ4v) is 1.24. The van der Waals surface area contributed by atoms with E-state index in [0.717, 1.165) is 6.20 Å². The normalized spacial score (nSPS) is 14.8. The second kappa shape index (κ2) is 4.17. The number of halogens is 1. The molecule has 0 aromatic carbocycles. The van der Waals surface area contributed by atoms with E-state index in [1.807, 2.05) is 0 Å². The molecule has 2 unspecified atom stereocenters. The molecule has 1 rings (SSSR count). The van der Waals surface area contributed by atoms with Crippen LogP contribution in [-0.4, -0.2) is 16.1 Å². The van der Waals surface area contributed by atoms with Gasteiger partial charge in [0, 0.05) is 6.20 Å². The van der Waals surface area contributed by atoms with Crippen molar-refractivity contribution in [1.29, 1.82) is 0 Å². The minimum absolute atomic E-state index is 0.351. The maximum atomic E-state index is 13.2. The molecule has 14 heavy (non-hydrogen) atoms. The smallest absolute Gasteiger partial charge is 0.306 e. The van der Waals surface area contributed by atoms with Gasteiger partial charge in [-0.05, 0) is 17.5 Å². The minimum Gasteiger partial charge on any atom is -0.481 e. The van der Waals surface area contributed by atoms with Gasteiger partial charge >= 0.3 is 5.97 Å². The van der Waals surface area contributed by atoms with Crippen LogP contribution in [0.15, 0.2) is 18.5 Å². The molecule has 0 saturated heterocycles. The molecule has 0 aliphatic carbocycles. The number of carbonyl (C=O) groups is 1. The molecule has 0 bridgehead atoms. The van der Waals surface area contributed by atoms with Gasteiger partial charge in [-0.1, -0.05) is 13.8 Å². The molecule has 1 heterocycles. The number of aromatic nitrogens is 1. The number of carboxylic acid groups (broad SMARTS) is 1. The summed E-state index contributed by atoms with van der Waals surface area (Å²) in [7, 11) is 0. The Hall–Kier alpha value is -1.45. The van der Waals surface area contributed by atoms with Crippen LogP contribution in [0, 0.1) is 11.7 Å². The highest BCUT2D eigenvalue weighted by Gasteiger charge is 2.22. The lowest BCUT2D eigenvalue weighted by atomic mass is 9.89. The van der Waals surface area contributed by atoms with Gasteiger partial charge in [-0.3, -0.25) is 9.78 Å². The van der Waals surface area contributed by atoms with Gasteiger partial charge in [0.2, 0.25) is 0 Å². The third kappa shape index (κ3) is 2.07.